The minimum Gasteiger partial charge on any atom is -0.290 e. The Labute approximate surface area is 157 Å². The van der Waals surface area contributed by atoms with E-state index in [2.05, 4.69) is 28.3 Å². The Morgan fingerprint density at radius 3 is 2.56 bits per heavy atom. The van der Waals surface area contributed by atoms with Crippen molar-refractivity contribution in [3.63, 3.8) is 0 Å². The molecule has 0 saturated heterocycles. The molecule has 0 spiro atoms. The first-order chi connectivity index (χ1) is 13.2. The molecule has 4 heteroatoms. The number of fused-ring (bicyclic) bond motifs is 3. The van der Waals surface area contributed by atoms with Gasteiger partial charge in [-0.1, -0.05) is 43.0 Å². The zero-order chi connectivity index (χ0) is 18.4. The Morgan fingerprint density at radius 2 is 1.78 bits per heavy atom. The predicted octanol–water partition coefficient (Wildman–Crippen LogP) is 5.22. The standard InChI is InChI=1S/C23H23N3O/c1-15-7-10-18(11-8-15)26-23(27)20-14-24-21-12-9-17(13-19(21)22(20)25-26)16-5-3-2-4-6-16/h7-14,16,25H,2-6H2,1H3. The summed E-state index contributed by atoms with van der Waals surface area (Å²) in [6.45, 7) is 2.04. The average Bonchev–Trinajstić information content (AvgIpc) is 3.06. The van der Waals surface area contributed by atoms with Gasteiger partial charge in [-0.3, -0.25) is 14.9 Å². The van der Waals surface area contributed by atoms with Crippen LogP contribution in [0.15, 0.2) is 53.5 Å². The van der Waals surface area contributed by atoms with Crippen LogP contribution in [0.2, 0.25) is 0 Å². The fourth-order valence-corrected chi connectivity index (χ4v) is 4.34. The van der Waals surface area contributed by atoms with Crippen LogP contribution < -0.4 is 5.56 Å². The summed E-state index contributed by atoms with van der Waals surface area (Å²) < 4.78 is 1.62. The van der Waals surface area contributed by atoms with Crippen LogP contribution >= 0.6 is 0 Å². The molecule has 2 aromatic heterocycles. The molecule has 0 aliphatic heterocycles. The van der Waals surface area contributed by atoms with E-state index in [1.54, 1.807) is 10.9 Å². The van der Waals surface area contributed by atoms with Gasteiger partial charge in [0.05, 0.1) is 22.1 Å². The molecule has 2 aromatic carbocycles. The lowest BCUT2D eigenvalue weighted by Gasteiger charge is -2.22. The molecule has 1 aliphatic rings. The molecule has 5 rings (SSSR count). The molecule has 1 fully saturated rings. The van der Waals surface area contributed by atoms with Crippen molar-refractivity contribution in [2.24, 2.45) is 0 Å². The number of aromatic amines is 1. The summed E-state index contributed by atoms with van der Waals surface area (Å²) in [5, 5.41) is 5.02. The summed E-state index contributed by atoms with van der Waals surface area (Å²) in [5.74, 6) is 0.629. The SMILES string of the molecule is Cc1ccc(-n2[nH]c3c(cnc4ccc(C5CCCCC5)cc43)c2=O)cc1. The lowest BCUT2D eigenvalue weighted by molar-refractivity contribution is 0.444. The third-order valence-electron chi connectivity index (χ3n) is 5.92. The number of pyridine rings is 1. The van der Waals surface area contributed by atoms with Gasteiger partial charge in [-0.05, 0) is 55.5 Å². The zero-order valence-electron chi connectivity index (χ0n) is 15.5. The first-order valence-corrected chi connectivity index (χ1v) is 9.81. The Morgan fingerprint density at radius 1 is 1.00 bits per heavy atom. The van der Waals surface area contributed by atoms with Gasteiger partial charge >= 0.3 is 0 Å². The molecule has 0 radical (unpaired) electrons. The van der Waals surface area contributed by atoms with Gasteiger partial charge < -0.3 is 0 Å². The van der Waals surface area contributed by atoms with Gasteiger partial charge in [0, 0.05) is 11.6 Å². The number of nitrogens with zero attached hydrogens (tertiary/aromatic N) is 2. The zero-order valence-corrected chi connectivity index (χ0v) is 15.5. The van der Waals surface area contributed by atoms with Crippen molar-refractivity contribution >= 4 is 21.8 Å². The molecule has 27 heavy (non-hydrogen) atoms. The van der Waals surface area contributed by atoms with Crippen molar-refractivity contribution in [2.75, 3.05) is 0 Å². The van der Waals surface area contributed by atoms with Crippen LogP contribution in [0.4, 0.5) is 0 Å². The molecule has 1 saturated carbocycles. The molecule has 0 amide bonds. The predicted molar refractivity (Wildman–Crippen MR) is 110 cm³/mol. The van der Waals surface area contributed by atoms with Crippen molar-refractivity contribution in [3.05, 3.63) is 70.1 Å². The topological polar surface area (TPSA) is 50.7 Å². The van der Waals surface area contributed by atoms with Crippen molar-refractivity contribution in [2.45, 2.75) is 44.9 Å². The third kappa shape index (κ3) is 2.76. The van der Waals surface area contributed by atoms with E-state index in [0.29, 0.717) is 11.3 Å². The number of H-pyrrole nitrogens is 1. The maximum absolute atomic E-state index is 12.9. The van der Waals surface area contributed by atoms with E-state index in [9.17, 15) is 4.79 Å². The summed E-state index contributed by atoms with van der Waals surface area (Å²) in [5.41, 5.74) is 5.15. The Bertz CT molecular complexity index is 1180. The summed E-state index contributed by atoms with van der Waals surface area (Å²) in [7, 11) is 0. The average molecular weight is 357 g/mol. The highest BCUT2D eigenvalue weighted by Gasteiger charge is 2.17. The summed E-state index contributed by atoms with van der Waals surface area (Å²) in [6, 6.07) is 14.5. The molecule has 4 nitrogen and oxygen atoms in total. The number of hydrogen-bond donors (Lipinski definition) is 1. The van der Waals surface area contributed by atoms with Crippen molar-refractivity contribution in [1.82, 2.24) is 14.8 Å². The summed E-state index contributed by atoms with van der Waals surface area (Å²) >= 11 is 0. The second kappa shape index (κ2) is 6.38. The Kier molecular flexibility index (Phi) is 3.85. The number of rotatable bonds is 2. The maximum atomic E-state index is 12.9. The molecule has 1 aliphatic carbocycles. The number of nitrogens with one attached hydrogen (secondary N) is 1. The van der Waals surface area contributed by atoms with E-state index in [-0.39, 0.29) is 5.56 Å². The lowest BCUT2D eigenvalue weighted by Crippen LogP contribution is -2.14. The van der Waals surface area contributed by atoms with Gasteiger partial charge in [0.1, 0.15) is 0 Å². The van der Waals surface area contributed by atoms with Crippen LogP contribution in [0, 0.1) is 6.92 Å². The Hall–Kier alpha value is -2.88. The van der Waals surface area contributed by atoms with E-state index in [0.717, 1.165) is 22.1 Å². The molecular weight excluding hydrogens is 334 g/mol. The van der Waals surface area contributed by atoms with Crippen LogP contribution in [-0.4, -0.2) is 14.8 Å². The van der Waals surface area contributed by atoms with E-state index in [4.69, 9.17) is 0 Å². The molecule has 0 atom stereocenters. The second-order valence-electron chi connectivity index (χ2n) is 7.75. The molecule has 4 aromatic rings. The lowest BCUT2D eigenvalue weighted by atomic mass is 9.83. The first-order valence-electron chi connectivity index (χ1n) is 9.81. The van der Waals surface area contributed by atoms with Gasteiger partial charge in [0.2, 0.25) is 0 Å². The van der Waals surface area contributed by atoms with Gasteiger partial charge in [-0.25, -0.2) is 4.68 Å². The molecule has 0 bridgehead atoms. The van der Waals surface area contributed by atoms with E-state index in [1.807, 2.05) is 31.2 Å². The highest BCUT2D eigenvalue weighted by atomic mass is 16.1. The van der Waals surface area contributed by atoms with E-state index < -0.39 is 0 Å². The van der Waals surface area contributed by atoms with Gasteiger partial charge in [0.25, 0.3) is 5.56 Å². The summed E-state index contributed by atoms with van der Waals surface area (Å²) in [6.07, 6.45) is 8.19. The summed E-state index contributed by atoms with van der Waals surface area (Å²) in [4.78, 5) is 17.5. The fourth-order valence-electron chi connectivity index (χ4n) is 4.34. The Balaban J connectivity index is 1.70. The molecule has 136 valence electrons. The van der Waals surface area contributed by atoms with Gasteiger partial charge in [0.15, 0.2) is 0 Å². The van der Waals surface area contributed by atoms with E-state index in [1.165, 1.54) is 43.2 Å². The van der Waals surface area contributed by atoms with Crippen molar-refractivity contribution in [3.8, 4) is 5.69 Å². The number of aromatic nitrogens is 3. The van der Waals surface area contributed by atoms with Crippen molar-refractivity contribution in [1.29, 1.82) is 0 Å². The molecule has 1 N–H and O–H groups in total. The monoisotopic (exact) mass is 357 g/mol. The molecule has 2 heterocycles. The van der Waals surface area contributed by atoms with Crippen molar-refractivity contribution < 1.29 is 0 Å². The third-order valence-corrected chi connectivity index (χ3v) is 5.92. The number of hydrogen-bond acceptors (Lipinski definition) is 2. The van der Waals surface area contributed by atoms with Gasteiger partial charge in [-0.2, -0.15) is 0 Å². The minimum atomic E-state index is -0.0497. The molecule has 0 unspecified atom stereocenters. The number of aryl methyl sites for hydroxylation is 1. The highest BCUT2D eigenvalue weighted by Crippen LogP contribution is 2.34. The van der Waals surface area contributed by atoms with Crippen LogP contribution in [0.3, 0.4) is 0 Å². The largest absolute Gasteiger partial charge is 0.290 e. The highest BCUT2D eigenvalue weighted by molar-refractivity contribution is 6.03. The van der Waals surface area contributed by atoms with Crippen LogP contribution in [0.5, 0.6) is 0 Å². The maximum Gasteiger partial charge on any atom is 0.280 e. The quantitative estimate of drug-likeness (QED) is 0.534. The normalized spacial score (nSPS) is 15.6. The fraction of sp³-hybridized carbons (Fsp3) is 0.304. The minimum absolute atomic E-state index is 0.0497. The molecular formula is C23H23N3O. The first kappa shape index (κ1) is 16.3. The second-order valence-corrected chi connectivity index (χ2v) is 7.75. The smallest absolute Gasteiger partial charge is 0.280 e. The number of benzene rings is 2. The van der Waals surface area contributed by atoms with Crippen LogP contribution in [0.25, 0.3) is 27.5 Å². The van der Waals surface area contributed by atoms with Crippen LogP contribution in [-0.2, 0) is 0 Å². The van der Waals surface area contributed by atoms with Crippen LogP contribution in [0.1, 0.15) is 49.1 Å². The van der Waals surface area contributed by atoms with E-state index >= 15 is 0 Å². The van der Waals surface area contributed by atoms with Gasteiger partial charge in [-0.15, -0.1) is 0 Å².